The van der Waals surface area contributed by atoms with E-state index in [-0.39, 0.29) is 0 Å². The zero-order valence-electron chi connectivity index (χ0n) is 13.9. The monoisotopic (exact) mass is 324 g/mol. The van der Waals surface area contributed by atoms with Crippen LogP contribution in [0.2, 0.25) is 0 Å². The average Bonchev–Trinajstić information content (AvgIpc) is 2.71. The van der Waals surface area contributed by atoms with Gasteiger partial charge in [-0.05, 0) is 46.5 Å². The number of nitrogens with one attached hydrogen (secondary N) is 2. The number of anilines is 2. The van der Waals surface area contributed by atoms with Crippen molar-refractivity contribution in [2.24, 2.45) is 0 Å². The second kappa shape index (κ2) is 7.10. The molecule has 122 valence electrons. The van der Waals surface area contributed by atoms with Gasteiger partial charge in [-0.25, -0.2) is 0 Å². The van der Waals surface area contributed by atoms with Crippen molar-refractivity contribution in [3.05, 3.63) is 103 Å². The highest BCUT2D eigenvalue weighted by Crippen LogP contribution is 2.24. The van der Waals surface area contributed by atoms with E-state index in [0.29, 0.717) is 0 Å². The van der Waals surface area contributed by atoms with Crippen molar-refractivity contribution in [1.82, 2.24) is 5.32 Å². The number of rotatable bonds is 4. The molecule has 0 saturated heterocycles. The van der Waals surface area contributed by atoms with Crippen LogP contribution in [0.5, 0.6) is 0 Å². The summed E-state index contributed by atoms with van der Waals surface area (Å²) in [6.07, 6.45) is 6.35. The van der Waals surface area contributed by atoms with Crippen LogP contribution >= 0.6 is 0 Å². The molecule has 0 radical (unpaired) electrons. The fraction of sp³-hybridized carbons (Fsp3) is 0.0435. The van der Waals surface area contributed by atoms with Gasteiger partial charge in [0.25, 0.3) is 0 Å². The molecule has 0 aliphatic carbocycles. The lowest BCUT2D eigenvalue weighted by atomic mass is 10.0. The minimum absolute atomic E-state index is 0.905. The van der Waals surface area contributed by atoms with Gasteiger partial charge in [-0.3, -0.25) is 0 Å². The van der Waals surface area contributed by atoms with Crippen LogP contribution in [0.25, 0.3) is 16.7 Å². The molecule has 0 aromatic heterocycles. The number of dihydropyridines is 1. The molecule has 0 saturated carbocycles. The number of benzene rings is 3. The normalized spacial score (nSPS) is 13.0. The SMILES string of the molecule is C1=CC(c2ccc(Nc3ccc(-c4ccccc4)cc3)cc2)=CNC1. The average molecular weight is 324 g/mol. The molecule has 1 heterocycles. The van der Waals surface area contributed by atoms with Gasteiger partial charge in [0.2, 0.25) is 0 Å². The van der Waals surface area contributed by atoms with E-state index < -0.39 is 0 Å². The Balaban J connectivity index is 1.47. The Kier molecular flexibility index (Phi) is 4.34. The van der Waals surface area contributed by atoms with E-state index in [1.165, 1.54) is 22.3 Å². The minimum Gasteiger partial charge on any atom is -0.387 e. The van der Waals surface area contributed by atoms with Crippen LogP contribution < -0.4 is 10.6 Å². The molecule has 0 atom stereocenters. The van der Waals surface area contributed by atoms with Crippen LogP contribution in [0.4, 0.5) is 11.4 Å². The Morgan fingerprint density at radius 1 is 0.640 bits per heavy atom. The molecule has 25 heavy (non-hydrogen) atoms. The maximum absolute atomic E-state index is 3.46. The van der Waals surface area contributed by atoms with Gasteiger partial charge in [0, 0.05) is 24.1 Å². The van der Waals surface area contributed by atoms with Crippen LogP contribution in [-0.2, 0) is 0 Å². The second-order valence-electron chi connectivity index (χ2n) is 6.06. The summed E-state index contributed by atoms with van der Waals surface area (Å²) in [5, 5.41) is 6.70. The highest BCUT2D eigenvalue weighted by Gasteiger charge is 2.02. The van der Waals surface area contributed by atoms with Crippen LogP contribution in [0.3, 0.4) is 0 Å². The number of hydrogen-bond donors (Lipinski definition) is 2. The Morgan fingerprint density at radius 3 is 1.84 bits per heavy atom. The molecule has 0 spiro atoms. The summed E-state index contributed by atoms with van der Waals surface area (Å²) in [7, 11) is 0. The van der Waals surface area contributed by atoms with E-state index in [1.54, 1.807) is 0 Å². The van der Waals surface area contributed by atoms with Gasteiger partial charge in [0.05, 0.1) is 0 Å². The topological polar surface area (TPSA) is 24.1 Å². The molecular formula is C23H20N2. The molecular weight excluding hydrogens is 304 g/mol. The van der Waals surface area contributed by atoms with E-state index in [2.05, 4.69) is 102 Å². The summed E-state index contributed by atoms with van der Waals surface area (Å²) in [5.41, 5.74) is 7.07. The first-order valence-corrected chi connectivity index (χ1v) is 8.51. The highest BCUT2D eigenvalue weighted by molar-refractivity contribution is 5.76. The van der Waals surface area contributed by atoms with Crippen LogP contribution in [-0.4, -0.2) is 6.54 Å². The number of hydrogen-bond acceptors (Lipinski definition) is 2. The first kappa shape index (κ1) is 15.3. The Morgan fingerprint density at radius 2 is 1.24 bits per heavy atom. The van der Waals surface area contributed by atoms with E-state index in [1.807, 2.05) is 6.07 Å². The van der Waals surface area contributed by atoms with Gasteiger partial charge in [0.1, 0.15) is 0 Å². The predicted molar refractivity (Wildman–Crippen MR) is 107 cm³/mol. The minimum atomic E-state index is 0.905. The molecule has 1 aliphatic heterocycles. The zero-order valence-corrected chi connectivity index (χ0v) is 13.9. The quantitative estimate of drug-likeness (QED) is 0.653. The lowest BCUT2D eigenvalue weighted by Gasteiger charge is -2.11. The number of allylic oxidation sites excluding steroid dienone is 2. The van der Waals surface area contributed by atoms with Crippen LogP contribution in [0.15, 0.2) is 97.2 Å². The third-order valence-corrected chi connectivity index (χ3v) is 4.29. The van der Waals surface area contributed by atoms with Crippen LogP contribution in [0.1, 0.15) is 5.56 Å². The summed E-state index contributed by atoms with van der Waals surface area (Å²) in [4.78, 5) is 0. The van der Waals surface area contributed by atoms with Gasteiger partial charge in [0.15, 0.2) is 0 Å². The predicted octanol–water partition coefficient (Wildman–Crippen LogP) is 5.60. The standard InChI is InChI=1S/C23H20N2/c1-2-5-18(6-3-1)19-8-12-22(13-9-19)25-23-14-10-20(11-15-23)21-7-4-16-24-17-21/h1-15,17,24-25H,16H2. The third-order valence-electron chi connectivity index (χ3n) is 4.29. The first-order valence-electron chi connectivity index (χ1n) is 8.51. The van der Waals surface area contributed by atoms with Gasteiger partial charge in [-0.2, -0.15) is 0 Å². The lowest BCUT2D eigenvalue weighted by molar-refractivity contribution is 0.976. The van der Waals surface area contributed by atoms with E-state index in [4.69, 9.17) is 0 Å². The van der Waals surface area contributed by atoms with Crippen LogP contribution in [0, 0.1) is 0 Å². The van der Waals surface area contributed by atoms with Crippen molar-refractivity contribution in [2.75, 3.05) is 11.9 Å². The summed E-state index contributed by atoms with van der Waals surface area (Å²) in [5.74, 6) is 0. The summed E-state index contributed by atoms with van der Waals surface area (Å²) >= 11 is 0. The van der Waals surface area contributed by atoms with Gasteiger partial charge in [-0.15, -0.1) is 0 Å². The molecule has 0 amide bonds. The van der Waals surface area contributed by atoms with Crippen molar-refractivity contribution >= 4 is 16.9 Å². The van der Waals surface area contributed by atoms with Crippen molar-refractivity contribution < 1.29 is 0 Å². The molecule has 1 aliphatic rings. The Labute approximate surface area is 148 Å². The molecule has 0 unspecified atom stereocenters. The smallest absolute Gasteiger partial charge is 0.0384 e. The molecule has 0 bridgehead atoms. The van der Waals surface area contributed by atoms with Gasteiger partial charge >= 0.3 is 0 Å². The molecule has 2 N–H and O–H groups in total. The van der Waals surface area contributed by atoms with Crippen molar-refractivity contribution in [2.45, 2.75) is 0 Å². The Bertz CT molecular complexity index is 889. The third kappa shape index (κ3) is 3.64. The molecule has 4 rings (SSSR count). The van der Waals surface area contributed by atoms with E-state index in [9.17, 15) is 0 Å². The maximum atomic E-state index is 3.46. The van der Waals surface area contributed by atoms with Gasteiger partial charge in [-0.1, -0.05) is 66.7 Å². The molecule has 3 aromatic rings. The van der Waals surface area contributed by atoms with E-state index >= 15 is 0 Å². The molecule has 2 nitrogen and oxygen atoms in total. The van der Waals surface area contributed by atoms with Gasteiger partial charge < -0.3 is 10.6 Å². The molecule has 3 aromatic carbocycles. The summed E-state index contributed by atoms with van der Waals surface area (Å²) in [6.45, 7) is 0.905. The largest absolute Gasteiger partial charge is 0.387 e. The lowest BCUT2D eigenvalue weighted by Crippen LogP contribution is -2.08. The fourth-order valence-corrected chi connectivity index (χ4v) is 2.94. The second-order valence-corrected chi connectivity index (χ2v) is 6.06. The van der Waals surface area contributed by atoms with Crippen molar-refractivity contribution in [3.8, 4) is 11.1 Å². The van der Waals surface area contributed by atoms with E-state index in [0.717, 1.165) is 17.9 Å². The van der Waals surface area contributed by atoms with Crippen molar-refractivity contribution in [3.63, 3.8) is 0 Å². The summed E-state index contributed by atoms with van der Waals surface area (Å²) < 4.78 is 0. The fourth-order valence-electron chi connectivity index (χ4n) is 2.94. The maximum Gasteiger partial charge on any atom is 0.0384 e. The van der Waals surface area contributed by atoms with Crippen molar-refractivity contribution in [1.29, 1.82) is 0 Å². The molecule has 2 heteroatoms. The zero-order chi connectivity index (χ0) is 16.9. The summed E-state index contributed by atoms with van der Waals surface area (Å²) in [6, 6.07) is 27.5. The Hall–Kier alpha value is -3.26. The molecule has 0 fully saturated rings. The highest BCUT2D eigenvalue weighted by atomic mass is 14.9. The first-order chi connectivity index (χ1) is 12.4.